The van der Waals surface area contributed by atoms with Crippen molar-refractivity contribution in [2.45, 2.75) is 37.6 Å². The molecule has 4 nitrogen and oxygen atoms in total. The predicted octanol–water partition coefficient (Wildman–Crippen LogP) is 4.07. The molecular formula is C21H26N2O2S. The second-order valence-electron chi connectivity index (χ2n) is 7.17. The fourth-order valence-electron chi connectivity index (χ4n) is 2.99. The van der Waals surface area contributed by atoms with Crippen molar-refractivity contribution in [1.82, 2.24) is 8.87 Å². The monoisotopic (exact) mass is 370 g/mol. The number of hydrogen-bond donors (Lipinski definition) is 0. The third kappa shape index (κ3) is 3.69. The molecule has 1 heterocycles. The lowest BCUT2D eigenvalue weighted by molar-refractivity contribution is 0.299. The molecule has 138 valence electrons. The molecule has 0 N–H and O–H groups in total. The highest BCUT2D eigenvalue weighted by atomic mass is 32.2. The number of benzene rings is 2. The van der Waals surface area contributed by atoms with Gasteiger partial charge in [-0.05, 0) is 76.7 Å². The second-order valence-corrected chi connectivity index (χ2v) is 8.99. The third-order valence-corrected chi connectivity index (χ3v) is 6.73. The first kappa shape index (κ1) is 18.7. The summed E-state index contributed by atoms with van der Waals surface area (Å²) in [7, 11) is 0.596. The number of nitrogens with zero attached hydrogens (tertiary/aromatic N) is 2. The van der Waals surface area contributed by atoms with Gasteiger partial charge in [0, 0.05) is 17.6 Å². The topological polar surface area (TPSA) is 42.3 Å². The minimum atomic E-state index is -3.58. The summed E-state index contributed by atoms with van der Waals surface area (Å²) in [6, 6.07) is 15.4. The molecule has 3 rings (SSSR count). The van der Waals surface area contributed by atoms with E-state index in [4.69, 9.17) is 0 Å². The van der Waals surface area contributed by atoms with E-state index in [1.165, 1.54) is 9.54 Å². The smallest absolute Gasteiger partial charge is 0.268 e. The zero-order chi connectivity index (χ0) is 18.9. The van der Waals surface area contributed by atoms with Crippen LogP contribution < -0.4 is 0 Å². The molecule has 2 aromatic carbocycles. The van der Waals surface area contributed by atoms with Gasteiger partial charge in [-0.15, -0.1) is 0 Å². The van der Waals surface area contributed by atoms with E-state index < -0.39 is 10.0 Å². The van der Waals surface area contributed by atoms with Gasteiger partial charge in [-0.2, -0.15) is 0 Å². The van der Waals surface area contributed by atoms with Crippen molar-refractivity contribution in [1.29, 1.82) is 0 Å². The van der Waals surface area contributed by atoms with Crippen molar-refractivity contribution in [2.75, 3.05) is 14.1 Å². The Balaban J connectivity index is 1.91. The molecule has 0 aliphatic heterocycles. The van der Waals surface area contributed by atoms with E-state index in [0.29, 0.717) is 10.9 Å². The van der Waals surface area contributed by atoms with Crippen LogP contribution in [0.2, 0.25) is 0 Å². The maximum absolute atomic E-state index is 13.0. The Morgan fingerprint density at radius 1 is 1.04 bits per heavy atom. The van der Waals surface area contributed by atoms with Gasteiger partial charge in [0.15, 0.2) is 0 Å². The van der Waals surface area contributed by atoms with Gasteiger partial charge in [0.05, 0.1) is 10.4 Å². The zero-order valence-corrected chi connectivity index (χ0v) is 16.6. The number of hydrogen-bond acceptors (Lipinski definition) is 3. The quantitative estimate of drug-likeness (QED) is 0.657. The van der Waals surface area contributed by atoms with E-state index in [9.17, 15) is 8.42 Å². The Hall–Kier alpha value is -2.11. The average Bonchev–Trinajstić information content (AvgIpc) is 3.03. The molecule has 1 atom stereocenters. The molecule has 1 aromatic heterocycles. The standard InChI is InChI=1S/C21H26N2O2S/c1-16-5-10-20(11-6-16)26(24,25)23-14-13-19-15-18(9-12-21(19)23)8-7-17(2)22(3)4/h5-6,9-15,17H,7-8H2,1-4H3. The van der Waals surface area contributed by atoms with Gasteiger partial charge in [-0.3, -0.25) is 0 Å². The van der Waals surface area contributed by atoms with E-state index in [2.05, 4.69) is 32.0 Å². The summed E-state index contributed by atoms with van der Waals surface area (Å²) in [5, 5.41) is 0.954. The van der Waals surface area contributed by atoms with Crippen molar-refractivity contribution in [3.8, 4) is 0 Å². The number of rotatable bonds is 6. The summed E-state index contributed by atoms with van der Waals surface area (Å²) >= 11 is 0. The van der Waals surface area contributed by atoms with Gasteiger partial charge in [-0.1, -0.05) is 23.8 Å². The number of fused-ring (bicyclic) bond motifs is 1. The summed E-state index contributed by atoms with van der Waals surface area (Å²) in [4.78, 5) is 2.52. The predicted molar refractivity (Wildman–Crippen MR) is 107 cm³/mol. The van der Waals surface area contributed by atoms with E-state index in [1.807, 2.05) is 37.3 Å². The maximum atomic E-state index is 13.0. The summed E-state index contributed by atoms with van der Waals surface area (Å²) in [5.74, 6) is 0. The van der Waals surface area contributed by atoms with Crippen LogP contribution in [0.1, 0.15) is 24.5 Å². The normalized spacial score (nSPS) is 13.4. The van der Waals surface area contributed by atoms with Gasteiger partial charge in [-0.25, -0.2) is 12.4 Å². The van der Waals surface area contributed by atoms with Crippen molar-refractivity contribution in [2.24, 2.45) is 0 Å². The van der Waals surface area contributed by atoms with Crippen molar-refractivity contribution >= 4 is 20.9 Å². The molecule has 5 heteroatoms. The molecule has 0 spiro atoms. The van der Waals surface area contributed by atoms with Crippen LogP contribution in [0, 0.1) is 6.92 Å². The first-order valence-electron chi connectivity index (χ1n) is 8.88. The van der Waals surface area contributed by atoms with Crippen LogP contribution in [-0.2, 0) is 16.4 Å². The maximum Gasteiger partial charge on any atom is 0.268 e. The Morgan fingerprint density at radius 2 is 1.73 bits per heavy atom. The SMILES string of the molecule is Cc1ccc(S(=O)(=O)n2ccc3cc(CCC(C)N(C)C)ccc32)cc1. The lowest BCUT2D eigenvalue weighted by Crippen LogP contribution is -2.24. The fraction of sp³-hybridized carbons (Fsp3) is 0.333. The Labute approximate surface area is 156 Å². The minimum Gasteiger partial charge on any atom is -0.307 e. The number of aryl methyl sites for hydroxylation is 2. The lowest BCUT2D eigenvalue weighted by Gasteiger charge is -2.19. The van der Waals surface area contributed by atoms with Crippen LogP contribution in [0.25, 0.3) is 10.9 Å². The van der Waals surface area contributed by atoms with E-state index in [-0.39, 0.29) is 0 Å². The summed E-state index contributed by atoms with van der Waals surface area (Å²) in [5.41, 5.74) is 2.99. The number of aromatic nitrogens is 1. The highest BCUT2D eigenvalue weighted by molar-refractivity contribution is 7.90. The van der Waals surface area contributed by atoms with Crippen LogP contribution in [0.4, 0.5) is 0 Å². The highest BCUT2D eigenvalue weighted by Crippen LogP contribution is 2.24. The van der Waals surface area contributed by atoms with Gasteiger partial charge in [0.2, 0.25) is 0 Å². The molecule has 26 heavy (non-hydrogen) atoms. The minimum absolute atomic E-state index is 0.310. The largest absolute Gasteiger partial charge is 0.307 e. The van der Waals surface area contributed by atoms with Crippen molar-refractivity contribution in [3.63, 3.8) is 0 Å². The van der Waals surface area contributed by atoms with E-state index in [0.717, 1.165) is 29.3 Å². The molecule has 0 radical (unpaired) electrons. The van der Waals surface area contributed by atoms with Crippen molar-refractivity contribution < 1.29 is 8.42 Å². The molecule has 0 amide bonds. The highest BCUT2D eigenvalue weighted by Gasteiger charge is 2.18. The molecule has 0 aliphatic rings. The van der Waals surface area contributed by atoms with Gasteiger partial charge >= 0.3 is 0 Å². The van der Waals surface area contributed by atoms with E-state index >= 15 is 0 Å². The first-order valence-corrected chi connectivity index (χ1v) is 10.3. The van der Waals surface area contributed by atoms with Crippen LogP contribution in [0.3, 0.4) is 0 Å². The molecule has 1 unspecified atom stereocenters. The Morgan fingerprint density at radius 3 is 2.38 bits per heavy atom. The zero-order valence-electron chi connectivity index (χ0n) is 15.8. The Bertz CT molecular complexity index is 1000. The van der Waals surface area contributed by atoms with Gasteiger partial charge in [0.25, 0.3) is 10.0 Å². The van der Waals surface area contributed by atoms with Crippen LogP contribution in [-0.4, -0.2) is 37.4 Å². The summed E-state index contributed by atoms with van der Waals surface area (Å²) in [6.07, 6.45) is 3.69. The molecular weight excluding hydrogens is 344 g/mol. The average molecular weight is 371 g/mol. The lowest BCUT2D eigenvalue weighted by atomic mass is 10.0. The molecule has 0 bridgehead atoms. The van der Waals surface area contributed by atoms with E-state index in [1.54, 1.807) is 18.3 Å². The van der Waals surface area contributed by atoms with Gasteiger partial charge < -0.3 is 4.90 Å². The molecule has 0 aliphatic carbocycles. The van der Waals surface area contributed by atoms with Crippen LogP contribution in [0.15, 0.2) is 59.6 Å². The van der Waals surface area contributed by atoms with Gasteiger partial charge in [0.1, 0.15) is 0 Å². The third-order valence-electron chi connectivity index (χ3n) is 5.03. The fourth-order valence-corrected chi connectivity index (χ4v) is 4.34. The van der Waals surface area contributed by atoms with Crippen molar-refractivity contribution in [3.05, 3.63) is 65.9 Å². The molecule has 0 saturated carbocycles. The van der Waals surface area contributed by atoms with Crippen LogP contribution >= 0.6 is 0 Å². The summed E-state index contributed by atoms with van der Waals surface area (Å²) < 4.78 is 27.3. The Kier molecular flexibility index (Phi) is 5.21. The van der Waals surface area contributed by atoms with Crippen LogP contribution in [0.5, 0.6) is 0 Å². The molecule has 0 saturated heterocycles. The summed E-state index contributed by atoms with van der Waals surface area (Å²) in [6.45, 7) is 4.16. The second kappa shape index (κ2) is 7.25. The molecule has 0 fully saturated rings. The molecule has 3 aromatic rings. The first-order chi connectivity index (χ1) is 12.3.